The summed E-state index contributed by atoms with van der Waals surface area (Å²) in [7, 11) is 0. The summed E-state index contributed by atoms with van der Waals surface area (Å²) in [6, 6.07) is 0. The van der Waals surface area contributed by atoms with E-state index in [2.05, 4.69) is 0 Å². The van der Waals surface area contributed by atoms with Gasteiger partial charge in [0.1, 0.15) is 49.3 Å². The molecule has 128 valence electrons. The topological polar surface area (TPSA) is 158 Å². The van der Waals surface area contributed by atoms with E-state index in [0.717, 1.165) is 0 Å². The van der Waals surface area contributed by atoms with E-state index in [1.165, 1.54) is 0 Å². The lowest BCUT2D eigenvalue weighted by molar-refractivity contribution is -0.396. The molecule has 3 saturated heterocycles. The zero-order chi connectivity index (χ0) is 16.1. The number of fused-ring (bicyclic) bond motifs is 2. The first-order chi connectivity index (χ1) is 10.4. The van der Waals surface area contributed by atoms with Gasteiger partial charge in [0.05, 0.1) is 13.2 Å². The maximum absolute atomic E-state index is 9.95. The molecule has 6 N–H and O–H groups in total. The minimum Gasteiger partial charge on any atom is -0.394 e. The maximum Gasteiger partial charge on any atom is 0.224 e. The van der Waals surface area contributed by atoms with Crippen LogP contribution in [0.3, 0.4) is 0 Å². The van der Waals surface area contributed by atoms with Gasteiger partial charge in [0.2, 0.25) is 5.79 Å². The summed E-state index contributed by atoms with van der Waals surface area (Å²) in [5, 5.41) is 58.0. The van der Waals surface area contributed by atoms with Crippen LogP contribution >= 0.6 is 0 Å². The van der Waals surface area contributed by atoms with Crippen molar-refractivity contribution in [2.45, 2.75) is 54.8 Å². The third-order valence-electron chi connectivity index (χ3n) is 4.30. The summed E-state index contributed by atoms with van der Waals surface area (Å²) in [6.45, 7) is -1.14. The molecule has 0 aromatic rings. The number of hydrogen-bond acceptors (Lipinski definition) is 10. The summed E-state index contributed by atoms with van der Waals surface area (Å²) in [5.74, 6) is -1.75. The Morgan fingerprint density at radius 3 is 2.23 bits per heavy atom. The highest BCUT2D eigenvalue weighted by molar-refractivity contribution is 5.03. The SMILES string of the molecule is OC[C@H]1O[C@H](O[C@]2(CO)O[C@@H]3CO[C@H]2[C@@H]3O)[C@H](O)[C@@H](O)[C@@H]1O. The number of ether oxygens (including phenoxy) is 4. The van der Waals surface area contributed by atoms with E-state index in [1.54, 1.807) is 0 Å². The number of hydrogen-bond donors (Lipinski definition) is 6. The second-order valence-corrected chi connectivity index (χ2v) is 5.69. The van der Waals surface area contributed by atoms with Crippen LogP contribution in [0.2, 0.25) is 0 Å². The van der Waals surface area contributed by atoms with Crippen LogP contribution in [-0.4, -0.2) is 105 Å². The van der Waals surface area contributed by atoms with Gasteiger partial charge in [-0.3, -0.25) is 0 Å². The van der Waals surface area contributed by atoms with Crippen LogP contribution in [0.1, 0.15) is 0 Å². The molecule has 10 nitrogen and oxygen atoms in total. The van der Waals surface area contributed by atoms with E-state index in [1.807, 2.05) is 0 Å². The number of aliphatic hydroxyl groups is 6. The van der Waals surface area contributed by atoms with E-state index < -0.39 is 68.0 Å². The van der Waals surface area contributed by atoms with Gasteiger partial charge >= 0.3 is 0 Å². The van der Waals surface area contributed by atoms with Gasteiger partial charge in [0.25, 0.3) is 0 Å². The van der Waals surface area contributed by atoms with Gasteiger partial charge in [0.15, 0.2) is 6.29 Å². The minimum atomic E-state index is -1.75. The Balaban J connectivity index is 1.76. The lowest BCUT2D eigenvalue weighted by Gasteiger charge is -2.44. The average molecular weight is 324 g/mol. The molecular formula is C12H20O10. The third kappa shape index (κ3) is 2.36. The zero-order valence-electron chi connectivity index (χ0n) is 11.6. The van der Waals surface area contributed by atoms with Crippen molar-refractivity contribution < 1.29 is 49.6 Å². The van der Waals surface area contributed by atoms with Crippen molar-refractivity contribution in [3.63, 3.8) is 0 Å². The van der Waals surface area contributed by atoms with E-state index in [4.69, 9.17) is 24.1 Å². The average Bonchev–Trinajstić information content (AvgIpc) is 3.01. The highest BCUT2D eigenvalue weighted by Gasteiger charge is 2.63. The minimum absolute atomic E-state index is 0.144. The second-order valence-electron chi connectivity index (χ2n) is 5.69. The van der Waals surface area contributed by atoms with Gasteiger partial charge in [-0.05, 0) is 0 Å². The van der Waals surface area contributed by atoms with Gasteiger partial charge in [0, 0.05) is 0 Å². The van der Waals surface area contributed by atoms with E-state index in [0.29, 0.717) is 0 Å². The molecule has 2 bridgehead atoms. The summed E-state index contributed by atoms with van der Waals surface area (Å²) < 4.78 is 21.4. The molecule has 22 heavy (non-hydrogen) atoms. The molecule has 3 rings (SSSR count). The monoisotopic (exact) mass is 324 g/mol. The summed E-state index contributed by atoms with van der Waals surface area (Å²) >= 11 is 0. The second kappa shape index (κ2) is 5.91. The van der Waals surface area contributed by atoms with Gasteiger partial charge in [-0.15, -0.1) is 0 Å². The number of rotatable bonds is 4. The Morgan fingerprint density at radius 2 is 1.73 bits per heavy atom. The van der Waals surface area contributed by atoms with Crippen molar-refractivity contribution in [1.82, 2.24) is 0 Å². The predicted molar refractivity (Wildman–Crippen MR) is 65.3 cm³/mol. The Kier molecular flexibility index (Phi) is 4.42. The fraction of sp³-hybridized carbons (Fsp3) is 1.00. The lowest BCUT2D eigenvalue weighted by atomic mass is 9.99. The van der Waals surface area contributed by atoms with Gasteiger partial charge in [-0.25, -0.2) is 0 Å². The van der Waals surface area contributed by atoms with Crippen molar-refractivity contribution in [2.75, 3.05) is 19.8 Å². The van der Waals surface area contributed by atoms with Crippen LogP contribution in [-0.2, 0) is 18.9 Å². The molecule has 0 aromatic heterocycles. The van der Waals surface area contributed by atoms with Gasteiger partial charge in [-0.2, -0.15) is 0 Å². The van der Waals surface area contributed by atoms with Crippen LogP contribution in [0.15, 0.2) is 0 Å². The number of aliphatic hydroxyl groups excluding tert-OH is 6. The van der Waals surface area contributed by atoms with Crippen LogP contribution in [0.25, 0.3) is 0 Å². The molecule has 3 heterocycles. The molecule has 0 aliphatic carbocycles. The summed E-state index contributed by atoms with van der Waals surface area (Å²) in [5.41, 5.74) is 0. The third-order valence-corrected chi connectivity index (χ3v) is 4.30. The van der Waals surface area contributed by atoms with E-state index in [9.17, 15) is 25.5 Å². The van der Waals surface area contributed by atoms with Crippen molar-refractivity contribution in [3.05, 3.63) is 0 Å². The molecule has 0 amide bonds. The quantitative estimate of drug-likeness (QED) is 0.298. The summed E-state index contributed by atoms with van der Waals surface area (Å²) in [6.07, 6.45) is -10.1. The molecule has 0 unspecified atom stereocenters. The summed E-state index contributed by atoms with van der Waals surface area (Å²) in [4.78, 5) is 0. The largest absolute Gasteiger partial charge is 0.394 e. The molecule has 10 heteroatoms. The molecule has 0 aromatic carbocycles. The smallest absolute Gasteiger partial charge is 0.224 e. The molecule has 0 spiro atoms. The van der Waals surface area contributed by atoms with Crippen molar-refractivity contribution in [1.29, 1.82) is 0 Å². The predicted octanol–water partition coefficient (Wildman–Crippen LogP) is -4.35. The standard InChI is InChI=1S/C12H20O10/c13-1-4-6(15)8(17)9(18)11(20-4)22-12(3-14)10-7(16)5(21-12)2-19-10/h4-11,13-18H,1-3H2/t4-,5-,6-,7-,8+,9-,10+,11-,12+/m1/s1. The Labute approximate surface area is 125 Å². The highest BCUT2D eigenvalue weighted by atomic mass is 16.8. The van der Waals surface area contributed by atoms with Crippen LogP contribution in [0, 0.1) is 0 Å². The maximum atomic E-state index is 9.95. The fourth-order valence-corrected chi connectivity index (χ4v) is 3.03. The van der Waals surface area contributed by atoms with E-state index >= 15 is 0 Å². The molecule has 3 aliphatic heterocycles. The van der Waals surface area contributed by atoms with E-state index in [-0.39, 0.29) is 6.61 Å². The Hall–Kier alpha value is -0.400. The van der Waals surface area contributed by atoms with Gasteiger partial charge < -0.3 is 49.6 Å². The lowest BCUT2D eigenvalue weighted by Crippen LogP contribution is -2.63. The fourth-order valence-electron chi connectivity index (χ4n) is 3.03. The first-order valence-corrected chi connectivity index (χ1v) is 7.00. The first-order valence-electron chi connectivity index (χ1n) is 7.00. The Bertz CT molecular complexity index is 405. The zero-order valence-corrected chi connectivity index (χ0v) is 11.6. The van der Waals surface area contributed by atoms with Gasteiger partial charge in [-0.1, -0.05) is 0 Å². The molecule has 9 atom stereocenters. The van der Waals surface area contributed by atoms with Crippen LogP contribution in [0.5, 0.6) is 0 Å². The van der Waals surface area contributed by atoms with Crippen molar-refractivity contribution in [3.8, 4) is 0 Å². The first kappa shape index (κ1) is 16.5. The van der Waals surface area contributed by atoms with Crippen molar-refractivity contribution in [2.24, 2.45) is 0 Å². The van der Waals surface area contributed by atoms with Crippen LogP contribution < -0.4 is 0 Å². The normalized spacial score (nSPS) is 54.8. The van der Waals surface area contributed by atoms with Crippen LogP contribution in [0.4, 0.5) is 0 Å². The Morgan fingerprint density at radius 1 is 1.00 bits per heavy atom. The van der Waals surface area contributed by atoms with Crippen molar-refractivity contribution >= 4 is 0 Å². The molecule has 0 radical (unpaired) electrons. The highest BCUT2D eigenvalue weighted by Crippen LogP contribution is 2.41. The molecular weight excluding hydrogens is 304 g/mol. The molecule has 0 saturated carbocycles. The molecule has 3 fully saturated rings. The molecule has 3 aliphatic rings.